The molecule has 0 radical (unpaired) electrons. The van der Waals surface area contributed by atoms with E-state index in [0.717, 1.165) is 0 Å². The second kappa shape index (κ2) is 5.09. The topological polar surface area (TPSA) is 84.3 Å². The highest BCUT2D eigenvalue weighted by molar-refractivity contribution is 5.85. The molecule has 1 rings (SSSR count). The normalized spacial score (nSPS) is 11.1. The van der Waals surface area contributed by atoms with Gasteiger partial charge in [0.05, 0.1) is 19.3 Å². The summed E-state index contributed by atoms with van der Waals surface area (Å²) >= 11 is 0. The van der Waals surface area contributed by atoms with Gasteiger partial charge in [-0.1, -0.05) is 0 Å². The zero-order chi connectivity index (χ0) is 13.1. The quantitative estimate of drug-likeness (QED) is 0.754. The lowest BCUT2D eigenvalue weighted by molar-refractivity contribution is 0.0586. The predicted octanol–water partition coefficient (Wildman–Crippen LogP) is 0.754. The van der Waals surface area contributed by atoms with E-state index >= 15 is 0 Å². The van der Waals surface area contributed by atoms with Gasteiger partial charge in [0.1, 0.15) is 5.82 Å². The number of aliphatic hydroxyl groups is 1. The number of hydrogen-bond donors (Lipinski definition) is 2. The maximum Gasteiger partial charge on any atom is 0.376 e. The van der Waals surface area contributed by atoms with E-state index < -0.39 is 11.5 Å². The summed E-state index contributed by atoms with van der Waals surface area (Å²) in [6, 6.07) is 1.70. The third kappa shape index (κ3) is 3.67. The van der Waals surface area contributed by atoms with Crippen LogP contribution in [0.3, 0.4) is 0 Å². The maximum absolute atomic E-state index is 11.3. The lowest BCUT2D eigenvalue weighted by atomic mass is 10.1. The van der Waals surface area contributed by atoms with Crippen molar-refractivity contribution in [2.24, 2.45) is 0 Å². The number of nitrogens with one attached hydrogen (secondary N) is 1. The Morgan fingerprint density at radius 2 is 2.18 bits per heavy atom. The molecule has 0 fully saturated rings. The second-order valence-corrected chi connectivity index (χ2v) is 4.38. The van der Waals surface area contributed by atoms with Gasteiger partial charge in [-0.05, 0) is 20.8 Å². The number of carbonyl (C=O) groups is 1. The first-order chi connectivity index (χ1) is 7.88. The van der Waals surface area contributed by atoms with Crippen molar-refractivity contribution in [3.05, 3.63) is 17.6 Å². The molecule has 0 atom stereocenters. The molecule has 0 aliphatic carbocycles. The number of esters is 1. The number of aliphatic hydroxyl groups excluding tert-OH is 1. The Morgan fingerprint density at radius 1 is 1.53 bits per heavy atom. The highest BCUT2D eigenvalue weighted by atomic mass is 16.5. The molecule has 0 saturated carbocycles. The molecule has 1 aromatic rings. The van der Waals surface area contributed by atoms with Gasteiger partial charge in [0.2, 0.25) is 5.82 Å². The van der Waals surface area contributed by atoms with Gasteiger partial charge in [-0.25, -0.2) is 14.8 Å². The zero-order valence-corrected chi connectivity index (χ0v) is 10.4. The number of carbonyl (C=O) groups excluding carboxylic acids is 1. The summed E-state index contributed by atoms with van der Waals surface area (Å²) in [5, 5.41) is 12.2. The molecule has 6 nitrogen and oxygen atoms in total. The molecule has 1 heterocycles. The molecular weight excluding hydrogens is 222 g/mol. The van der Waals surface area contributed by atoms with Crippen LogP contribution in [0.4, 0.5) is 5.82 Å². The zero-order valence-electron chi connectivity index (χ0n) is 10.4. The molecule has 1 aromatic heterocycles. The van der Waals surface area contributed by atoms with Gasteiger partial charge in [-0.3, -0.25) is 0 Å². The van der Waals surface area contributed by atoms with Crippen LogP contribution in [-0.4, -0.2) is 40.3 Å². The van der Waals surface area contributed by atoms with Gasteiger partial charge >= 0.3 is 5.97 Å². The highest BCUT2D eigenvalue weighted by Crippen LogP contribution is 2.13. The third-order valence-electron chi connectivity index (χ3n) is 2.08. The summed E-state index contributed by atoms with van der Waals surface area (Å²) in [6.07, 6.45) is 0. The highest BCUT2D eigenvalue weighted by Gasteiger charge is 2.18. The van der Waals surface area contributed by atoms with E-state index in [1.807, 2.05) is 13.8 Å². The van der Waals surface area contributed by atoms with E-state index in [1.165, 1.54) is 7.11 Å². The van der Waals surface area contributed by atoms with Gasteiger partial charge in [0, 0.05) is 11.8 Å². The van der Waals surface area contributed by atoms with Crippen molar-refractivity contribution in [1.29, 1.82) is 0 Å². The van der Waals surface area contributed by atoms with Crippen molar-refractivity contribution in [3.63, 3.8) is 0 Å². The first kappa shape index (κ1) is 13.4. The van der Waals surface area contributed by atoms with Crippen LogP contribution < -0.4 is 5.32 Å². The minimum atomic E-state index is -0.585. The van der Waals surface area contributed by atoms with Crippen molar-refractivity contribution in [2.75, 3.05) is 19.0 Å². The Balaban J connectivity index is 3.01. The smallest absolute Gasteiger partial charge is 0.376 e. The van der Waals surface area contributed by atoms with E-state index in [9.17, 15) is 4.79 Å². The number of ether oxygens (including phenoxy) is 1. The van der Waals surface area contributed by atoms with Gasteiger partial charge < -0.3 is 15.2 Å². The minimum absolute atomic E-state index is 0.00346. The lowest BCUT2D eigenvalue weighted by Gasteiger charge is -2.24. The Bertz CT molecular complexity index is 418. The van der Waals surface area contributed by atoms with Gasteiger partial charge in [0.25, 0.3) is 0 Å². The molecule has 0 aliphatic heterocycles. The van der Waals surface area contributed by atoms with Crippen molar-refractivity contribution >= 4 is 11.8 Å². The van der Waals surface area contributed by atoms with Crippen molar-refractivity contribution in [1.82, 2.24) is 9.97 Å². The van der Waals surface area contributed by atoms with E-state index in [1.54, 1.807) is 13.0 Å². The standard InChI is InChI=1S/C11H17N3O3/c1-7-5-8(14-11(2,3)6-15)13-9(12-7)10(16)17-4/h5,15H,6H2,1-4H3,(H,12,13,14). The third-order valence-corrected chi connectivity index (χ3v) is 2.08. The first-order valence-corrected chi connectivity index (χ1v) is 5.21. The van der Waals surface area contributed by atoms with Crippen LogP contribution in [0.15, 0.2) is 6.07 Å². The van der Waals surface area contributed by atoms with Crippen LogP contribution >= 0.6 is 0 Å². The van der Waals surface area contributed by atoms with E-state index in [-0.39, 0.29) is 12.4 Å². The summed E-state index contributed by atoms with van der Waals surface area (Å²) in [5.74, 6) is -0.0979. The molecule has 0 aromatic carbocycles. The maximum atomic E-state index is 11.3. The number of nitrogens with zero attached hydrogens (tertiary/aromatic N) is 2. The average Bonchev–Trinajstić information content (AvgIpc) is 2.26. The average molecular weight is 239 g/mol. The number of rotatable bonds is 4. The summed E-state index contributed by atoms with van der Waals surface area (Å²) in [5.41, 5.74) is 0.130. The molecule has 0 aliphatic rings. The van der Waals surface area contributed by atoms with Crippen LogP contribution in [0.2, 0.25) is 0 Å². The van der Waals surface area contributed by atoms with Crippen molar-refractivity contribution in [2.45, 2.75) is 26.3 Å². The molecule has 94 valence electrons. The monoisotopic (exact) mass is 239 g/mol. The van der Waals surface area contributed by atoms with Crippen LogP contribution in [0.1, 0.15) is 30.2 Å². The fraction of sp³-hybridized carbons (Fsp3) is 0.545. The lowest BCUT2D eigenvalue weighted by Crippen LogP contribution is -2.35. The van der Waals surface area contributed by atoms with Crippen LogP contribution in [-0.2, 0) is 4.74 Å². The van der Waals surface area contributed by atoms with Crippen molar-refractivity contribution < 1.29 is 14.6 Å². The summed E-state index contributed by atoms with van der Waals surface area (Å²) < 4.78 is 4.56. The molecule has 17 heavy (non-hydrogen) atoms. The molecule has 6 heteroatoms. The Hall–Kier alpha value is -1.69. The van der Waals surface area contributed by atoms with Crippen LogP contribution in [0, 0.1) is 6.92 Å². The fourth-order valence-electron chi connectivity index (χ4n) is 1.20. The van der Waals surface area contributed by atoms with Crippen LogP contribution in [0.25, 0.3) is 0 Å². The van der Waals surface area contributed by atoms with Crippen molar-refractivity contribution in [3.8, 4) is 0 Å². The number of aryl methyl sites for hydroxylation is 1. The number of hydrogen-bond acceptors (Lipinski definition) is 6. The molecule has 0 bridgehead atoms. The van der Waals surface area contributed by atoms with Crippen LogP contribution in [0.5, 0.6) is 0 Å². The molecule has 0 saturated heterocycles. The van der Waals surface area contributed by atoms with E-state index in [2.05, 4.69) is 20.0 Å². The van der Waals surface area contributed by atoms with Gasteiger partial charge in [0.15, 0.2) is 0 Å². The van der Waals surface area contributed by atoms with E-state index in [0.29, 0.717) is 11.5 Å². The molecule has 0 spiro atoms. The Kier molecular flexibility index (Phi) is 4.01. The van der Waals surface area contributed by atoms with Gasteiger partial charge in [-0.2, -0.15) is 0 Å². The molecular formula is C11H17N3O3. The SMILES string of the molecule is COC(=O)c1nc(C)cc(NC(C)(C)CO)n1. The molecule has 0 amide bonds. The number of anilines is 1. The van der Waals surface area contributed by atoms with Gasteiger partial charge in [-0.15, -0.1) is 0 Å². The minimum Gasteiger partial charge on any atom is -0.463 e. The largest absolute Gasteiger partial charge is 0.463 e. The fourth-order valence-corrected chi connectivity index (χ4v) is 1.20. The summed E-state index contributed by atoms with van der Waals surface area (Å²) in [7, 11) is 1.28. The van der Waals surface area contributed by atoms with E-state index in [4.69, 9.17) is 5.11 Å². The predicted molar refractivity (Wildman–Crippen MR) is 62.9 cm³/mol. The molecule has 2 N–H and O–H groups in total. The summed E-state index contributed by atoms with van der Waals surface area (Å²) in [4.78, 5) is 19.3. The Morgan fingerprint density at radius 3 is 2.71 bits per heavy atom. The molecule has 0 unspecified atom stereocenters. The summed E-state index contributed by atoms with van der Waals surface area (Å²) in [6.45, 7) is 5.35. The second-order valence-electron chi connectivity index (χ2n) is 4.38. The first-order valence-electron chi connectivity index (χ1n) is 5.21. The number of aromatic nitrogens is 2. The Labute approximate surface area is 100 Å². The number of methoxy groups -OCH3 is 1.